The summed E-state index contributed by atoms with van der Waals surface area (Å²) in [6, 6.07) is 5.28. The zero-order valence-electron chi connectivity index (χ0n) is 16.2. The van der Waals surface area contributed by atoms with Gasteiger partial charge in [0.25, 0.3) is 5.91 Å². The molecule has 0 saturated carbocycles. The molecule has 0 aromatic heterocycles. The Morgan fingerprint density at radius 1 is 1.25 bits per heavy atom. The molecule has 0 spiro atoms. The van der Waals surface area contributed by atoms with Gasteiger partial charge in [-0.1, -0.05) is 19.9 Å². The molecule has 1 aromatic carbocycles. The Morgan fingerprint density at radius 3 is 2.61 bits per heavy atom. The first-order valence-corrected chi connectivity index (χ1v) is 10.8. The number of hydrazine groups is 1. The maximum Gasteiger partial charge on any atom is 0.262 e. The van der Waals surface area contributed by atoms with E-state index in [0.717, 1.165) is 5.56 Å². The third-order valence-corrected chi connectivity index (χ3v) is 5.87. The fourth-order valence-corrected chi connectivity index (χ4v) is 4.35. The molecule has 8 nitrogen and oxygen atoms in total. The molecule has 1 heterocycles. The van der Waals surface area contributed by atoms with Crippen molar-refractivity contribution in [3.63, 3.8) is 0 Å². The van der Waals surface area contributed by atoms with Gasteiger partial charge in [-0.15, -0.1) is 0 Å². The van der Waals surface area contributed by atoms with Gasteiger partial charge in [0.1, 0.15) is 0 Å². The number of rotatable bonds is 7. The number of hydrogen-bond donors (Lipinski definition) is 2. The summed E-state index contributed by atoms with van der Waals surface area (Å²) in [4.78, 5) is 23.8. The van der Waals surface area contributed by atoms with Gasteiger partial charge in [0, 0.05) is 6.08 Å². The first kappa shape index (κ1) is 21.7. The number of methoxy groups -OCH3 is 1. The summed E-state index contributed by atoms with van der Waals surface area (Å²) in [5.41, 5.74) is 5.23. The average molecular weight is 410 g/mol. The summed E-state index contributed by atoms with van der Waals surface area (Å²) in [6.45, 7) is 4.66. The Hall–Kier alpha value is -2.55. The van der Waals surface area contributed by atoms with E-state index in [1.165, 1.54) is 13.2 Å². The minimum atomic E-state index is -3.15. The molecule has 0 unspecified atom stereocenters. The zero-order chi connectivity index (χ0) is 20.7. The van der Waals surface area contributed by atoms with E-state index in [-0.39, 0.29) is 17.9 Å². The van der Waals surface area contributed by atoms with Crippen molar-refractivity contribution >= 4 is 27.7 Å². The second-order valence-electron chi connectivity index (χ2n) is 7.03. The predicted molar refractivity (Wildman–Crippen MR) is 105 cm³/mol. The molecule has 1 aromatic rings. The molecule has 154 valence electrons. The summed E-state index contributed by atoms with van der Waals surface area (Å²) in [6.07, 6.45) is 3.09. The lowest BCUT2D eigenvalue weighted by Crippen LogP contribution is -2.44. The molecule has 2 rings (SSSR count). The summed E-state index contributed by atoms with van der Waals surface area (Å²) in [5, 5.41) is 0. The van der Waals surface area contributed by atoms with Crippen LogP contribution in [-0.2, 0) is 19.4 Å². The number of ether oxygens (including phenoxy) is 2. The Morgan fingerprint density at radius 2 is 2.00 bits per heavy atom. The summed E-state index contributed by atoms with van der Waals surface area (Å²) in [5.74, 6) is -0.294. The molecule has 0 radical (unpaired) electrons. The van der Waals surface area contributed by atoms with E-state index in [1.807, 2.05) is 13.8 Å². The maximum atomic E-state index is 11.9. The van der Waals surface area contributed by atoms with Crippen molar-refractivity contribution in [2.45, 2.75) is 20.3 Å². The zero-order valence-corrected chi connectivity index (χ0v) is 17.0. The predicted octanol–water partition coefficient (Wildman–Crippen LogP) is 1.33. The van der Waals surface area contributed by atoms with Gasteiger partial charge in [-0.3, -0.25) is 20.4 Å². The van der Waals surface area contributed by atoms with Crippen molar-refractivity contribution in [2.75, 3.05) is 25.2 Å². The van der Waals surface area contributed by atoms with E-state index >= 15 is 0 Å². The lowest BCUT2D eigenvalue weighted by Gasteiger charge is -2.12. The summed E-state index contributed by atoms with van der Waals surface area (Å²) in [7, 11) is -1.62. The van der Waals surface area contributed by atoms with E-state index in [9.17, 15) is 18.0 Å². The van der Waals surface area contributed by atoms with Gasteiger partial charge in [-0.25, -0.2) is 8.42 Å². The molecular weight excluding hydrogens is 384 g/mol. The molecule has 1 fully saturated rings. The monoisotopic (exact) mass is 410 g/mol. The van der Waals surface area contributed by atoms with Crippen LogP contribution in [-0.4, -0.2) is 45.5 Å². The largest absolute Gasteiger partial charge is 0.493 e. The highest BCUT2D eigenvalue weighted by atomic mass is 32.2. The topological polar surface area (TPSA) is 111 Å². The van der Waals surface area contributed by atoms with Crippen LogP contribution in [0.1, 0.15) is 25.8 Å². The van der Waals surface area contributed by atoms with Crippen molar-refractivity contribution in [2.24, 2.45) is 11.8 Å². The SMILES string of the molecule is COc1cc(/C=C/C(=O)NNC(=O)[C@@H]2CCS(=O)(=O)C2)ccc1OCC(C)C. The highest BCUT2D eigenvalue weighted by Crippen LogP contribution is 2.29. The Kier molecular flexibility index (Phi) is 7.45. The molecule has 2 N–H and O–H groups in total. The highest BCUT2D eigenvalue weighted by molar-refractivity contribution is 7.91. The number of benzene rings is 1. The van der Waals surface area contributed by atoms with Crippen LogP contribution in [0, 0.1) is 11.8 Å². The second-order valence-corrected chi connectivity index (χ2v) is 9.26. The lowest BCUT2D eigenvalue weighted by molar-refractivity contribution is -0.129. The number of nitrogens with one attached hydrogen (secondary N) is 2. The standard InChI is InChI=1S/C19H26N2O6S/c1-13(2)11-27-16-6-4-14(10-17(16)26-3)5-7-18(22)20-21-19(23)15-8-9-28(24,25)12-15/h4-7,10,13,15H,8-9,11-12H2,1-3H3,(H,20,22)(H,21,23)/b7-5+/t15-/m1/s1. The molecule has 1 atom stereocenters. The third kappa shape index (κ3) is 6.56. The minimum absolute atomic E-state index is 0.00233. The molecule has 2 amide bonds. The molecule has 1 aliphatic rings. The van der Waals surface area contributed by atoms with Gasteiger partial charge in [0.15, 0.2) is 21.3 Å². The van der Waals surface area contributed by atoms with Gasteiger partial charge in [0.05, 0.1) is 31.1 Å². The fraction of sp³-hybridized carbons (Fsp3) is 0.474. The van der Waals surface area contributed by atoms with Gasteiger partial charge < -0.3 is 9.47 Å². The van der Waals surface area contributed by atoms with Crippen molar-refractivity contribution in [1.29, 1.82) is 0 Å². The molecule has 1 saturated heterocycles. The van der Waals surface area contributed by atoms with Crippen molar-refractivity contribution in [3.05, 3.63) is 29.8 Å². The fourth-order valence-electron chi connectivity index (χ4n) is 2.60. The minimum Gasteiger partial charge on any atom is -0.493 e. The van der Waals surface area contributed by atoms with E-state index in [0.29, 0.717) is 24.0 Å². The number of carbonyl (C=O) groups is 2. The normalized spacial score (nSPS) is 18.2. The van der Waals surface area contributed by atoms with Crippen molar-refractivity contribution in [3.8, 4) is 11.5 Å². The summed E-state index contributed by atoms with van der Waals surface area (Å²) < 4.78 is 33.8. The first-order chi connectivity index (χ1) is 13.2. The van der Waals surface area contributed by atoms with Gasteiger partial charge >= 0.3 is 0 Å². The number of sulfone groups is 1. The Balaban J connectivity index is 1.88. The van der Waals surface area contributed by atoms with Crippen LogP contribution in [0.3, 0.4) is 0 Å². The van der Waals surface area contributed by atoms with Gasteiger partial charge in [0.2, 0.25) is 5.91 Å². The van der Waals surface area contributed by atoms with E-state index in [1.54, 1.807) is 24.3 Å². The Labute approximate surface area is 165 Å². The van der Waals surface area contributed by atoms with Crippen LogP contribution in [0.5, 0.6) is 11.5 Å². The van der Waals surface area contributed by atoms with Crippen molar-refractivity contribution < 1.29 is 27.5 Å². The second kappa shape index (κ2) is 9.59. The lowest BCUT2D eigenvalue weighted by atomic mass is 10.1. The van der Waals surface area contributed by atoms with E-state index in [2.05, 4.69) is 10.9 Å². The number of hydrogen-bond acceptors (Lipinski definition) is 6. The molecule has 0 bridgehead atoms. The van der Waals surface area contributed by atoms with Crippen LogP contribution in [0.2, 0.25) is 0 Å². The number of amides is 2. The van der Waals surface area contributed by atoms with Crippen LogP contribution in [0.25, 0.3) is 6.08 Å². The van der Waals surface area contributed by atoms with Gasteiger partial charge in [-0.2, -0.15) is 0 Å². The molecule has 9 heteroatoms. The van der Waals surface area contributed by atoms with Crippen molar-refractivity contribution in [1.82, 2.24) is 10.9 Å². The molecule has 1 aliphatic heterocycles. The van der Waals surface area contributed by atoms with Crippen LogP contribution >= 0.6 is 0 Å². The Bertz CT molecular complexity index is 848. The molecule has 0 aliphatic carbocycles. The number of carbonyl (C=O) groups excluding carboxylic acids is 2. The molecular formula is C19H26N2O6S. The summed E-state index contributed by atoms with van der Waals surface area (Å²) >= 11 is 0. The van der Waals surface area contributed by atoms with Crippen LogP contribution in [0.15, 0.2) is 24.3 Å². The molecule has 28 heavy (non-hydrogen) atoms. The van der Waals surface area contributed by atoms with E-state index < -0.39 is 27.6 Å². The third-order valence-electron chi connectivity index (χ3n) is 4.10. The first-order valence-electron chi connectivity index (χ1n) is 8.99. The van der Waals surface area contributed by atoms with E-state index in [4.69, 9.17) is 9.47 Å². The van der Waals surface area contributed by atoms with Crippen LogP contribution < -0.4 is 20.3 Å². The van der Waals surface area contributed by atoms with Gasteiger partial charge in [-0.05, 0) is 36.1 Å². The smallest absolute Gasteiger partial charge is 0.262 e. The maximum absolute atomic E-state index is 11.9. The quantitative estimate of drug-likeness (QED) is 0.518. The average Bonchev–Trinajstić information content (AvgIpc) is 3.02. The van der Waals surface area contributed by atoms with Crippen LogP contribution in [0.4, 0.5) is 0 Å². The highest BCUT2D eigenvalue weighted by Gasteiger charge is 2.32.